The van der Waals surface area contributed by atoms with Gasteiger partial charge in [-0.05, 0) is 34.4 Å². The summed E-state index contributed by atoms with van der Waals surface area (Å²) < 4.78 is 0. The van der Waals surface area contributed by atoms with E-state index in [1.165, 1.54) is 10.9 Å². The molecule has 0 aliphatic heterocycles. The first-order chi connectivity index (χ1) is 11.3. The maximum Gasteiger partial charge on any atom is 0.244 e. The van der Waals surface area contributed by atoms with Crippen LogP contribution < -0.4 is 5.32 Å². The molecule has 3 aromatic rings. The van der Waals surface area contributed by atoms with Gasteiger partial charge in [-0.15, -0.1) is 0 Å². The largest absolute Gasteiger partial charge is 0.352 e. The Morgan fingerprint density at radius 1 is 0.870 bits per heavy atom. The van der Waals surface area contributed by atoms with Gasteiger partial charge in [-0.3, -0.25) is 4.79 Å². The molecule has 0 aliphatic carbocycles. The van der Waals surface area contributed by atoms with E-state index in [4.69, 9.17) is 0 Å². The normalized spacial score (nSPS) is 11.0. The van der Waals surface area contributed by atoms with Crippen molar-refractivity contribution in [3.8, 4) is 0 Å². The number of carbonyl (C=O) groups is 1. The zero-order valence-corrected chi connectivity index (χ0v) is 12.9. The highest BCUT2D eigenvalue weighted by Crippen LogP contribution is 2.19. The van der Waals surface area contributed by atoms with Crippen LogP contribution >= 0.6 is 0 Å². The Morgan fingerprint density at radius 2 is 1.61 bits per heavy atom. The topological polar surface area (TPSA) is 29.1 Å². The predicted octanol–water partition coefficient (Wildman–Crippen LogP) is 4.21. The van der Waals surface area contributed by atoms with Gasteiger partial charge in [0.1, 0.15) is 0 Å². The Kier molecular flexibility index (Phi) is 4.85. The van der Waals surface area contributed by atoms with E-state index in [0.29, 0.717) is 6.54 Å². The third-order valence-electron chi connectivity index (χ3n) is 3.79. The zero-order chi connectivity index (χ0) is 15.9. The third-order valence-corrected chi connectivity index (χ3v) is 3.79. The second-order valence-corrected chi connectivity index (χ2v) is 5.43. The lowest BCUT2D eigenvalue weighted by atomic mass is 10.0. The van der Waals surface area contributed by atoms with Crippen LogP contribution in [0, 0.1) is 0 Å². The van der Waals surface area contributed by atoms with E-state index < -0.39 is 0 Å². The van der Waals surface area contributed by atoms with Gasteiger partial charge in [0.25, 0.3) is 0 Å². The number of amides is 1. The van der Waals surface area contributed by atoms with Crippen molar-refractivity contribution >= 4 is 22.8 Å². The van der Waals surface area contributed by atoms with Gasteiger partial charge in [0, 0.05) is 12.6 Å². The smallest absolute Gasteiger partial charge is 0.244 e. The van der Waals surface area contributed by atoms with Crippen LogP contribution in [0.15, 0.2) is 78.9 Å². The first-order valence-corrected chi connectivity index (χ1v) is 7.80. The van der Waals surface area contributed by atoms with E-state index in [9.17, 15) is 4.79 Å². The van der Waals surface area contributed by atoms with Crippen molar-refractivity contribution in [2.75, 3.05) is 6.54 Å². The molecule has 0 spiro atoms. The van der Waals surface area contributed by atoms with E-state index in [2.05, 4.69) is 35.6 Å². The van der Waals surface area contributed by atoms with Crippen molar-refractivity contribution in [1.29, 1.82) is 0 Å². The summed E-state index contributed by atoms with van der Waals surface area (Å²) in [4.78, 5) is 11.9. The van der Waals surface area contributed by atoms with Crippen LogP contribution in [0.2, 0.25) is 0 Å². The monoisotopic (exact) mass is 301 g/mol. The van der Waals surface area contributed by atoms with E-state index in [1.54, 1.807) is 6.08 Å². The predicted molar refractivity (Wildman–Crippen MR) is 96.1 cm³/mol. The highest BCUT2D eigenvalue weighted by molar-refractivity contribution is 5.96. The summed E-state index contributed by atoms with van der Waals surface area (Å²) >= 11 is 0. The molecule has 0 bridgehead atoms. The minimum atomic E-state index is -0.0612. The number of hydrogen-bond acceptors (Lipinski definition) is 1. The van der Waals surface area contributed by atoms with Gasteiger partial charge >= 0.3 is 0 Å². The molecule has 0 saturated heterocycles. The molecule has 3 rings (SSSR count). The summed E-state index contributed by atoms with van der Waals surface area (Å²) in [5, 5.41) is 5.26. The molecule has 0 saturated carbocycles. The van der Waals surface area contributed by atoms with Crippen LogP contribution in [0.5, 0.6) is 0 Å². The highest BCUT2D eigenvalue weighted by Gasteiger charge is 1.99. The number of hydrogen-bond donors (Lipinski definition) is 1. The third kappa shape index (κ3) is 4.07. The number of nitrogens with one attached hydrogen (secondary N) is 1. The molecule has 2 nitrogen and oxygen atoms in total. The van der Waals surface area contributed by atoms with Gasteiger partial charge in [-0.25, -0.2) is 0 Å². The van der Waals surface area contributed by atoms with Crippen LogP contribution in [0.4, 0.5) is 0 Å². The Balaban J connectivity index is 1.59. The first kappa shape index (κ1) is 15.0. The van der Waals surface area contributed by atoms with Crippen LogP contribution in [-0.2, 0) is 11.2 Å². The van der Waals surface area contributed by atoms with Crippen LogP contribution in [0.1, 0.15) is 11.1 Å². The molecule has 0 aromatic heterocycles. The van der Waals surface area contributed by atoms with Crippen molar-refractivity contribution in [2.24, 2.45) is 0 Å². The van der Waals surface area contributed by atoms with Crippen molar-refractivity contribution in [3.63, 3.8) is 0 Å². The van der Waals surface area contributed by atoms with Crippen molar-refractivity contribution in [3.05, 3.63) is 90.0 Å². The maximum atomic E-state index is 11.9. The van der Waals surface area contributed by atoms with Crippen LogP contribution in [-0.4, -0.2) is 12.5 Å². The fourth-order valence-corrected chi connectivity index (χ4v) is 2.59. The van der Waals surface area contributed by atoms with Gasteiger partial charge in [-0.2, -0.15) is 0 Å². The van der Waals surface area contributed by atoms with E-state index in [-0.39, 0.29) is 5.91 Å². The molecule has 114 valence electrons. The Morgan fingerprint density at radius 3 is 2.48 bits per heavy atom. The lowest BCUT2D eigenvalue weighted by Gasteiger charge is -2.03. The highest BCUT2D eigenvalue weighted by atomic mass is 16.1. The van der Waals surface area contributed by atoms with E-state index in [0.717, 1.165) is 17.4 Å². The molecule has 0 atom stereocenters. The molecular weight excluding hydrogens is 282 g/mol. The number of benzene rings is 3. The number of carbonyl (C=O) groups excluding carboxylic acids is 1. The lowest BCUT2D eigenvalue weighted by molar-refractivity contribution is -0.116. The van der Waals surface area contributed by atoms with Crippen molar-refractivity contribution in [2.45, 2.75) is 6.42 Å². The molecule has 0 aliphatic rings. The maximum absolute atomic E-state index is 11.9. The summed E-state index contributed by atoms with van der Waals surface area (Å²) in [5.74, 6) is -0.0612. The quantitative estimate of drug-likeness (QED) is 0.703. The average molecular weight is 301 g/mol. The lowest BCUT2D eigenvalue weighted by Crippen LogP contribution is -2.23. The van der Waals surface area contributed by atoms with Gasteiger partial charge < -0.3 is 5.32 Å². The summed E-state index contributed by atoms with van der Waals surface area (Å²) in [6, 6.07) is 24.4. The summed E-state index contributed by atoms with van der Waals surface area (Å²) in [7, 11) is 0. The Bertz CT molecular complexity index is 816. The fraction of sp³-hybridized carbons (Fsp3) is 0.0952. The van der Waals surface area contributed by atoms with Crippen molar-refractivity contribution < 1.29 is 4.79 Å². The molecule has 0 fully saturated rings. The summed E-state index contributed by atoms with van der Waals surface area (Å²) in [5.41, 5.74) is 2.28. The van der Waals surface area contributed by atoms with Crippen LogP contribution in [0.3, 0.4) is 0 Å². The van der Waals surface area contributed by atoms with Gasteiger partial charge in [0.2, 0.25) is 5.91 Å². The molecular formula is C21H19NO. The standard InChI is InChI=1S/C21H19NO/c23-21(22-16-15-17-7-2-1-3-8-17)14-13-19-11-6-10-18-9-4-5-12-20(18)19/h1-14H,15-16H2,(H,22,23)/b14-13+. The Labute approximate surface area is 136 Å². The second kappa shape index (κ2) is 7.41. The SMILES string of the molecule is O=C(/C=C/c1cccc2ccccc12)NCCc1ccccc1. The second-order valence-electron chi connectivity index (χ2n) is 5.43. The first-order valence-electron chi connectivity index (χ1n) is 7.80. The minimum Gasteiger partial charge on any atom is -0.352 e. The molecule has 1 amide bonds. The summed E-state index contributed by atoms with van der Waals surface area (Å²) in [6.07, 6.45) is 4.32. The van der Waals surface area contributed by atoms with E-state index >= 15 is 0 Å². The summed E-state index contributed by atoms with van der Waals surface area (Å²) in [6.45, 7) is 0.642. The molecule has 0 radical (unpaired) electrons. The van der Waals surface area contributed by atoms with Crippen LogP contribution in [0.25, 0.3) is 16.8 Å². The number of fused-ring (bicyclic) bond motifs is 1. The molecule has 1 N–H and O–H groups in total. The zero-order valence-electron chi connectivity index (χ0n) is 12.9. The van der Waals surface area contributed by atoms with E-state index in [1.807, 2.05) is 48.5 Å². The Hall–Kier alpha value is -2.87. The molecule has 0 heterocycles. The molecule has 0 unspecified atom stereocenters. The molecule has 2 heteroatoms. The van der Waals surface area contributed by atoms with Gasteiger partial charge in [-0.1, -0.05) is 72.8 Å². The number of rotatable bonds is 5. The van der Waals surface area contributed by atoms with Gasteiger partial charge in [0.15, 0.2) is 0 Å². The molecule has 3 aromatic carbocycles. The van der Waals surface area contributed by atoms with Gasteiger partial charge in [0.05, 0.1) is 0 Å². The van der Waals surface area contributed by atoms with Crippen molar-refractivity contribution in [1.82, 2.24) is 5.32 Å². The minimum absolute atomic E-state index is 0.0612. The average Bonchev–Trinajstić information content (AvgIpc) is 2.61. The fourth-order valence-electron chi connectivity index (χ4n) is 2.59. The molecule has 23 heavy (non-hydrogen) atoms.